The summed E-state index contributed by atoms with van der Waals surface area (Å²) in [6.07, 6.45) is 13.9. The van der Waals surface area contributed by atoms with Crippen LogP contribution >= 0.6 is 0 Å². The summed E-state index contributed by atoms with van der Waals surface area (Å²) >= 11 is 0. The summed E-state index contributed by atoms with van der Waals surface area (Å²) < 4.78 is 13.7. The SMILES string of the molecule is C=CCN(C[C@H]1O[C@@H](c2ccc(-c3ccccc3CNC(=O)NC34CC5CC(CC(C5)C3)C4)cc2)O[C@@H](c2ccc(CO)cc2)[C@H]1C)C1CCCC1. The molecule has 6 aliphatic rings. The van der Waals surface area contributed by atoms with Crippen molar-refractivity contribution in [2.45, 2.75) is 114 Å². The van der Waals surface area contributed by atoms with E-state index in [0.717, 1.165) is 83.5 Å². The predicted molar refractivity (Wildman–Crippen MR) is 205 cm³/mol. The van der Waals surface area contributed by atoms with E-state index < -0.39 is 6.29 Å². The smallest absolute Gasteiger partial charge is 0.315 e. The minimum Gasteiger partial charge on any atom is -0.392 e. The molecule has 7 nitrogen and oxygen atoms in total. The molecule has 1 heterocycles. The highest BCUT2D eigenvalue weighted by atomic mass is 16.7. The van der Waals surface area contributed by atoms with Crippen molar-refractivity contribution in [2.24, 2.45) is 23.7 Å². The number of aliphatic hydroxyl groups is 1. The summed E-state index contributed by atoms with van der Waals surface area (Å²) in [5, 5.41) is 16.3. The van der Waals surface area contributed by atoms with Crippen LogP contribution in [0.25, 0.3) is 11.1 Å². The molecular formula is C45H57N3O4. The summed E-state index contributed by atoms with van der Waals surface area (Å²) in [5.74, 6) is 2.51. The van der Waals surface area contributed by atoms with Crippen molar-refractivity contribution >= 4 is 6.03 Å². The number of rotatable bonds is 12. The number of carbonyl (C=O) groups excluding carboxylic acids is 1. The van der Waals surface area contributed by atoms with Crippen molar-refractivity contribution in [2.75, 3.05) is 13.1 Å². The summed E-state index contributed by atoms with van der Waals surface area (Å²) in [7, 11) is 0. The maximum atomic E-state index is 13.3. The van der Waals surface area contributed by atoms with Gasteiger partial charge in [0, 0.05) is 42.7 Å². The molecule has 6 fully saturated rings. The second-order valence-corrected chi connectivity index (χ2v) is 16.8. The number of nitrogens with zero attached hydrogens (tertiary/aromatic N) is 1. The third kappa shape index (κ3) is 7.61. The van der Waals surface area contributed by atoms with E-state index in [1.807, 2.05) is 24.3 Å². The fourth-order valence-corrected chi connectivity index (χ4v) is 10.9. The molecule has 5 saturated carbocycles. The Morgan fingerprint density at radius 2 is 1.56 bits per heavy atom. The number of carbonyl (C=O) groups is 1. The molecule has 3 N–H and O–H groups in total. The van der Waals surface area contributed by atoms with Gasteiger partial charge < -0.3 is 25.2 Å². The van der Waals surface area contributed by atoms with E-state index in [4.69, 9.17) is 9.47 Å². The molecule has 4 atom stereocenters. The molecule has 276 valence electrons. The lowest BCUT2D eigenvalue weighted by molar-refractivity contribution is -0.276. The van der Waals surface area contributed by atoms with Gasteiger partial charge in [0.2, 0.25) is 0 Å². The zero-order valence-electron chi connectivity index (χ0n) is 30.9. The fraction of sp³-hybridized carbons (Fsp3) is 0.533. The van der Waals surface area contributed by atoms with E-state index in [0.29, 0.717) is 12.6 Å². The number of nitrogens with one attached hydrogen (secondary N) is 2. The van der Waals surface area contributed by atoms with Crippen LogP contribution in [0, 0.1) is 23.7 Å². The lowest BCUT2D eigenvalue weighted by Crippen LogP contribution is -2.61. The van der Waals surface area contributed by atoms with Gasteiger partial charge in [0.1, 0.15) is 0 Å². The minimum absolute atomic E-state index is 0.00340. The topological polar surface area (TPSA) is 83.1 Å². The molecule has 9 rings (SSSR count). The summed E-state index contributed by atoms with van der Waals surface area (Å²) in [6, 6.07) is 25.6. The Morgan fingerprint density at radius 3 is 2.21 bits per heavy atom. The Kier molecular flexibility index (Phi) is 10.6. The van der Waals surface area contributed by atoms with Gasteiger partial charge in [-0.15, -0.1) is 6.58 Å². The molecule has 4 bridgehead atoms. The number of hydrogen-bond donors (Lipinski definition) is 3. The summed E-state index contributed by atoms with van der Waals surface area (Å²) in [6.45, 7) is 8.49. The zero-order valence-corrected chi connectivity index (χ0v) is 30.9. The second kappa shape index (κ2) is 15.5. The lowest BCUT2D eigenvalue weighted by atomic mass is 9.53. The number of ether oxygens (including phenoxy) is 2. The molecule has 0 spiro atoms. The van der Waals surface area contributed by atoms with E-state index >= 15 is 0 Å². The molecule has 2 amide bonds. The van der Waals surface area contributed by atoms with Crippen LogP contribution in [0.4, 0.5) is 4.79 Å². The van der Waals surface area contributed by atoms with Crippen molar-refractivity contribution in [1.29, 1.82) is 0 Å². The monoisotopic (exact) mass is 703 g/mol. The van der Waals surface area contributed by atoms with Gasteiger partial charge in [0.15, 0.2) is 6.29 Å². The molecule has 5 aliphatic carbocycles. The maximum Gasteiger partial charge on any atom is 0.315 e. The number of amides is 2. The first-order valence-electron chi connectivity index (χ1n) is 20.0. The molecular weight excluding hydrogens is 647 g/mol. The maximum absolute atomic E-state index is 13.3. The van der Waals surface area contributed by atoms with Crippen LogP contribution in [0.1, 0.15) is 106 Å². The molecule has 1 aliphatic heterocycles. The van der Waals surface area contributed by atoms with Crippen molar-refractivity contribution in [3.05, 3.63) is 108 Å². The first-order valence-corrected chi connectivity index (χ1v) is 20.0. The first-order chi connectivity index (χ1) is 25.4. The predicted octanol–water partition coefficient (Wildman–Crippen LogP) is 8.84. The molecule has 0 aromatic heterocycles. The van der Waals surface area contributed by atoms with E-state index in [9.17, 15) is 9.90 Å². The van der Waals surface area contributed by atoms with Crippen LogP contribution < -0.4 is 10.6 Å². The van der Waals surface area contributed by atoms with Gasteiger partial charge in [-0.1, -0.05) is 98.6 Å². The van der Waals surface area contributed by atoms with Crippen LogP contribution in [-0.2, 0) is 22.6 Å². The molecule has 0 radical (unpaired) electrons. The molecule has 3 aromatic carbocycles. The highest BCUT2D eigenvalue weighted by Gasteiger charge is 2.51. The highest BCUT2D eigenvalue weighted by Crippen LogP contribution is 2.55. The van der Waals surface area contributed by atoms with Crippen LogP contribution in [0.3, 0.4) is 0 Å². The zero-order chi connectivity index (χ0) is 35.7. The average molecular weight is 704 g/mol. The number of hydrogen-bond acceptors (Lipinski definition) is 5. The van der Waals surface area contributed by atoms with Gasteiger partial charge in [-0.25, -0.2) is 4.79 Å². The molecule has 7 heteroatoms. The highest BCUT2D eigenvalue weighted by molar-refractivity contribution is 5.76. The lowest BCUT2D eigenvalue weighted by Gasteiger charge is -2.56. The summed E-state index contributed by atoms with van der Waals surface area (Å²) in [5.41, 5.74) is 6.28. The van der Waals surface area contributed by atoms with E-state index in [1.54, 1.807) is 0 Å². The van der Waals surface area contributed by atoms with Gasteiger partial charge >= 0.3 is 6.03 Å². The normalized spacial score (nSPS) is 31.2. The molecule has 1 saturated heterocycles. The first kappa shape index (κ1) is 35.5. The van der Waals surface area contributed by atoms with Crippen molar-refractivity contribution < 1.29 is 19.4 Å². The number of aliphatic hydroxyl groups excluding tert-OH is 1. The van der Waals surface area contributed by atoms with E-state index in [2.05, 4.69) is 83.6 Å². The third-order valence-corrected chi connectivity index (χ3v) is 13.1. The number of urea groups is 1. The quantitative estimate of drug-likeness (QED) is 0.164. The van der Waals surface area contributed by atoms with E-state index in [-0.39, 0.29) is 36.3 Å². The van der Waals surface area contributed by atoms with Crippen LogP contribution in [0.15, 0.2) is 85.5 Å². The summed E-state index contributed by atoms with van der Waals surface area (Å²) in [4.78, 5) is 15.9. The second-order valence-electron chi connectivity index (χ2n) is 16.8. The van der Waals surface area contributed by atoms with Gasteiger partial charge in [-0.2, -0.15) is 0 Å². The standard InChI is InChI=1S/C45H57N3O4/c1-3-20-48(39-9-5-6-10-39)28-41-30(2)42(36-14-12-31(29-49)13-15-36)52-43(51-41)37-18-16-35(17-19-37)40-11-7-4-8-38(40)27-46-44(50)47-45-24-32-21-33(25-45)23-34(22-32)26-45/h3-4,7-8,11-19,30,32-34,39,41-43,49H,1,5-6,9-10,20-29H2,2H3,(H2,46,47,50)/t30-,32?,33?,34?,41+,42+,43+,45?/m0/s1. The van der Waals surface area contributed by atoms with Crippen LogP contribution in [-0.4, -0.2) is 46.8 Å². The molecule has 52 heavy (non-hydrogen) atoms. The molecule has 3 aromatic rings. The average Bonchev–Trinajstić information content (AvgIpc) is 3.69. The minimum atomic E-state index is -0.517. The third-order valence-electron chi connectivity index (χ3n) is 13.1. The van der Waals surface area contributed by atoms with Crippen LogP contribution in [0.2, 0.25) is 0 Å². The Labute approximate surface area is 310 Å². The van der Waals surface area contributed by atoms with Gasteiger partial charge in [0.05, 0.1) is 18.8 Å². The Bertz CT molecular complexity index is 1650. The number of benzene rings is 3. The van der Waals surface area contributed by atoms with E-state index in [1.165, 1.54) is 44.9 Å². The van der Waals surface area contributed by atoms with Crippen molar-refractivity contribution in [1.82, 2.24) is 15.5 Å². The Balaban J connectivity index is 0.974. The Hall–Kier alpha value is -3.49. The van der Waals surface area contributed by atoms with Crippen molar-refractivity contribution in [3.8, 4) is 11.1 Å². The largest absolute Gasteiger partial charge is 0.392 e. The Morgan fingerprint density at radius 1 is 0.904 bits per heavy atom. The van der Waals surface area contributed by atoms with Gasteiger partial charge in [-0.05, 0) is 96.9 Å². The fourth-order valence-electron chi connectivity index (χ4n) is 10.9. The van der Waals surface area contributed by atoms with Gasteiger partial charge in [-0.3, -0.25) is 4.90 Å². The molecule has 0 unspecified atom stereocenters. The van der Waals surface area contributed by atoms with Gasteiger partial charge in [0.25, 0.3) is 0 Å². The van der Waals surface area contributed by atoms with Crippen LogP contribution in [0.5, 0.6) is 0 Å². The van der Waals surface area contributed by atoms with Crippen molar-refractivity contribution in [3.63, 3.8) is 0 Å².